The van der Waals surface area contributed by atoms with Crippen LogP contribution >= 0.6 is 0 Å². The summed E-state index contributed by atoms with van der Waals surface area (Å²) in [5.74, 6) is -2.68. The van der Waals surface area contributed by atoms with E-state index in [2.05, 4.69) is 18.6 Å². The highest BCUT2D eigenvalue weighted by atomic mass is 19.3. The molecule has 1 aromatic carbocycles. The molecule has 1 unspecified atom stereocenters. The molecule has 1 rings (SSSR count). The van der Waals surface area contributed by atoms with E-state index in [1.807, 2.05) is 0 Å². The van der Waals surface area contributed by atoms with Crippen LogP contribution in [0.15, 0.2) is 18.2 Å². The predicted molar refractivity (Wildman–Crippen MR) is 97.3 cm³/mol. The predicted octanol–water partition coefficient (Wildman–Crippen LogP) is 5.91. The zero-order chi connectivity index (χ0) is 20.4. The molecular formula is C19H27F2NO5. The molecule has 0 bridgehead atoms. The third-order valence-electron chi connectivity index (χ3n) is 4.32. The van der Waals surface area contributed by atoms with Crippen molar-refractivity contribution < 1.29 is 28.0 Å². The Bertz CT molecular complexity index is 637. The van der Waals surface area contributed by atoms with Crippen LogP contribution in [0, 0.1) is 16.0 Å². The zero-order valence-corrected chi connectivity index (χ0v) is 16.0. The number of nitrogens with zero attached hydrogens (tertiary/aromatic N) is 1. The minimum absolute atomic E-state index is 0.0293. The number of carbonyl (C=O) groups excluding carboxylic acids is 1. The Morgan fingerprint density at radius 3 is 2.59 bits per heavy atom. The first kappa shape index (κ1) is 22.8. The number of carbonyl (C=O) groups is 1. The van der Waals surface area contributed by atoms with Crippen LogP contribution in [0.5, 0.6) is 5.75 Å². The van der Waals surface area contributed by atoms with Crippen molar-refractivity contribution in [3.8, 4) is 5.75 Å². The summed E-state index contributed by atoms with van der Waals surface area (Å²) < 4.78 is 35.5. The van der Waals surface area contributed by atoms with Gasteiger partial charge in [0, 0.05) is 18.1 Å². The van der Waals surface area contributed by atoms with Crippen molar-refractivity contribution in [3.05, 3.63) is 33.9 Å². The second kappa shape index (κ2) is 10.8. The SMILES string of the molecule is CCCCC(C)CCc1cc(OC(=O)OCC(F)(F)CC)ccc1[N+](=O)[O-]. The second-order valence-electron chi connectivity index (χ2n) is 6.68. The minimum atomic E-state index is -3.12. The maximum atomic E-state index is 13.1. The van der Waals surface area contributed by atoms with E-state index in [4.69, 9.17) is 4.74 Å². The molecule has 0 aromatic heterocycles. The van der Waals surface area contributed by atoms with E-state index in [-0.39, 0.29) is 11.4 Å². The summed E-state index contributed by atoms with van der Waals surface area (Å²) in [5.41, 5.74) is 0.378. The first-order valence-corrected chi connectivity index (χ1v) is 9.18. The lowest BCUT2D eigenvalue weighted by atomic mass is 9.95. The third-order valence-corrected chi connectivity index (χ3v) is 4.32. The molecule has 0 N–H and O–H groups in total. The number of nitro groups is 1. The summed E-state index contributed by atoms with van der Waals surface area (Å²) in [6, 6.07) is 3.89. The molecule has 1 atom stereocenters. The van der Waals surface area contributed by atoms with Gasteiger partial charge in [0.05, 0.1) is 4.92 Å². The van der Waals surface area contributed by atoms with Crippen LogP contribution in [0.1, 0.15) is 58.4 Å². The number of nitro benzene ring substituents is 1. The molecule has 0 radical (unpaired) electrons. The van der Waals surface area contributed by atoms with E-state index in [0.29, 0.717) is 17.9 Å². The van der Waals surface area contributed by atoms with Gasteiger partial charge in [-0.15, -0.1) is 0 Å². The largest absolute Gasteiger partial charge is 0.514 e. The number of ether oxygens (including phenoxy) is 2. The van der Waals surface area contributed by atoms with Gasteiger partial charge in [-0.25, -0.2) is 13.6 Å². The van der Waals surface area contributed by atoms with E-state index in [0.717, 1.165) is 25.7 Å². The fraction of sp³-hybridized carbons (Fsp3) is 0.632. The Morgan fingerprint density at radius 2 is 2.00 bits per heavy atom. The first-order valence-electron chi connectivity index (χ1n) is 9.18. The van der Waals surface area contributed by atoms with Crippen molar-refractivity contribution in [1.29, 1.82) is 0 Å². The Balaban J connectivity index is 2.76. The van der Waals surface area contributed by atoms with Gasteiger partial charge in [-0.2, -0.15) is 0 Å². The molecule has 0 saturated carbocycles. The van der Waals surface area contributed by atoms with Gasteiger partial charge < -0.3 is 9.47 Å². The van der Waals surface area contributed by atoms with Crippen LogP contribution in [0.4, 0.5) is 19.3 Å². The van der Waals surface area contributed by atoms with Crippen molar-refractivity contribution in [2.45, 2.75) is 65.2 Å². The lowest BCUT2D eigenvalue weighted by Crippen LogP contribution is -2.26. The number of hydrogen-bond donors (Lipinski definition) is 0. The molecule has 1 aromatic rings. The van der Waals surface area contributed by atoms with E-state index in [9.17, 15) is 23.7 Å². The smallest absolute Gasteiger partial charge is 0.428 e. The summed E-state index contributed by atoms with van der Waals surface area (Å²) >= 11 is 0. The van der Waals surface area contributed by atoms with Crippen LogP contribution < -0.4 is 4.74 Å². The first-order chi connectivity index (χ1) is 12.7. The minimum Gasteiger partial charge on any atom is -0.428 e. The highest BCUT2D eigenvalue weighted by Crippen LogP contribution is 2.27. The maximum Gasteiger partial charge on any atom is 0.514 e. The van der Waals surface area contributed by atoms with Crippen LogP contribution in [-0.2, 0) is 11.2 Å². The van der Waals surface area contributed by atoms with Crippen molar-refractivity contribution >= 4 is 11.8 Å². The number of unbranched alkanes of at least 4 members (excludes halogenated alkanes) is 1. The van der Waals surface area contributed by atoms with Gasteiger partial charge in [0.2, 0.25) is 0 Å². The van der Waals surface area contributed by atoms with Crippen LogP contribution in [0.2, 0.25) is 0 Å². The summed E-state index contributed by atoms with van der Waals surface area (Å²) in [4.78, 5) is 22.3. The van der Waals surface area contributed by atoms with Crippen molar-refractivity contribution in [1.82, 2.24) is 0 Å². The monoisotopic (exact) mass is 387 g/mol. The van der Waals surface area contributed by atoms with Crippen LogP contribution in [-0.4, -0.2) is 23.6 Å². The molecule has 8 heteroatoms. The molecule has 0 amide bonds. The van der Waals surface area contributed by atoms with E-state index < -0.39 is 30.0 Å². The van der Waals surface area contributed by atoms with Gasteiger partial charge in [0.25, 0.3) is 11.6 Å². The third kappa shape index (κ3) is 8.32. The van der Waals surface area contributed by atoms with Gasteiger partial charge in [-0.05, 0) is 30.9 Å². The number of aryl methyl sites for hydroxylation is 1. The highest BCUT2D eigenvalue weighted by molar-refractivity contribution is 5.64. The summed E-state index contributed by atoms with van der Waals surface area (Å²) in [6.45, 7) is 4.40. The van der Waals surface area contributed by atoms with E-state index >= 15 is 0 Å². The molecule has 0 aliphatic heterocycles. The molecule has 0 spiro atoms. The molecule has 0 fully saturated rings. The summed E-state index contributed by atoms with van der Waals surface area (Å²) in [5, 5.41) is 11.2. The number of alkyl halides is 2. The Kier molecular flexibility index (Phi) is 9.11. The lowest BCUT2D eigenvalue weighted by Gasteiger charge is -2.14. The molecule has 152 valence electrons. The standard InChI is InChI=1S/C19H27F2NO5/c1-4-6-7-14(3)8-9-15-12-16(10-11-17(15)22(24)25)27-18(23)26-13-19(20,21)5-2/h10-12,14H,4-9,13H2,1-3H3. The van der Waals surface area contributed by atoms with Gasteiger partial charge >= 0.3 is 6.16 Å². The average Bonchev–Trinajstić information content (AvgIpc) is 2.63. The zero-order valence-electron chi connectivity index (χ0n) is 16.0. The Hall–Kier alpha value is -2.25. The van der Waals surface area contributed by atoms with Gasteiger partial charge in [-0.1, -0.05) is 40.0 Å². The highest BCUT2D eigenvalue weighted by Gasteiger charge is 2.29. The number of hydrogen-bond acceptors (Lipinski definition) is 5. The van der Waals surface area contributed by atoms with E-state index in [1.165, 1.54) is 25.1 Å². The quantitative estimate of drug-likeness (QED) is 0.204. The van der Waals surface area contributed by atoms with Crippen LogP contribution in [0.25, 0.3) is 0 Å². The number of halogens is 2. The molecule has 27 heavy (non-hydrogen) atoms. The van der Waals surface area contributed by atoms with Crippen LogP contribution in [0.3, 0.4) is 0 Å². The van der Waals surface area contributed by atoms with Gasteiger partial charge in [0.15, 0.2) is 6.61 Å². The second-order valence-corrected chi connectivity index (χ2v) is 6.68. The molecule has 0 aliphatic rings. The molecular weight excluding hydrogens is 360 g/mol. The molecule has 0 aliphatic carbocycles. The van der Waals surface area contributed by atoms with Crippen molar-refractivity contribution in [2.75, 3.05) is 6.61 Å². The molecule has 6 nitrogen and oxygen atoms in total. The number of rotatable bonds is 11. The maximum absolute atomic E-state index is 13.1. The fourth-order valence-corrected chi connectivity index (χ4v) is 2.49. The van der Waals surface area contributed by atoms with Gasteiger partial charge in [-0.3, -0.25) is 10.1 Å². The fourth-order valence-electron chi connectivity index (χ4n) is 2.49. The topological polar surface area (TPSA) is 78.7 Å². The Morgan fingerprint density at radius 1 is 1.30 bits per heavy atom. The van der Waals surface area contributed by atoms with Crippen molar-refractivity contribution in [2.24, 2.45) is 5.92 Å². The van der Waals surface area contributed by atoms with Gasteiger partial charge in [0.1, 0.15) is 5.75 Å². The van der Waals surface area contributed by atoms with Crippen molar-refractivity contribution in [3.63, 3.8) is 0 Å². The number of benzene rings is 1. The summed E-state index contributed by atoms with van der Waals surface area (Å²) in [7, 11) is 0. The van der Waals surface area contributed by atoms with E-state index in [1.54, 1.807) is 0 Å². The normalized spacial score (nSPS) is 12.5. The summed E-state index contributed by atoms with van der Waals surface area (Å²) in [6.07, 6.45) is 2.72. The molecule has 0 heterocycles. The molecule has 0 saturated heterocycles. The average molecular weight is 387 g/mol. The lowest BCUT2D eigenvalue weighted by molar-refractivity contribution is -0.385. The Labute approximate surface area is 158 Å².